The second-order valence-corrected chi connectivity index (χ2v) is 7.40. The maximum Gasteiger partial charge on any atom is 0.303 e. The number of rotatable bonds is 9. The van der Waals surface area contributed by atoms with Crippen molar-refractivity contribution in [1.29, 1.82) is 0 Å². The van der Waals surface area contributed by atoms with Crippen molar-refractivity contribution in [2.45, 2.75) is 78.6 Å². The van der Waals surface area contributed by atoms with Gasteiger partial charge in [0.05, 0.1) is 5.57 Å². The molecule has 0 heterocycles. The number of Topliss-reactive ketones (excluding diaryl/α,β-unsaturated/α-hetero) is 1. The third-order valence-corrected chi connectivity index (χ3v) is 4.26. The average Bonchev–Trinajstić information content (AvgIpc) is 2.46. The number of aliphatic hydroxyl groups excluding tert-OH is 1. The monoisotopic (exact) mass is 337 g/mol. The maximum atomic E-state index is 12.5. The van der Waals surface area contributed by atoms with Gasteiger partial charge in [-0.25, -0.2) is 0 Å². The first kappa shape index (κ1) is 20.4. The quantitative estimate of drug-likeness (QED) is 0.369. The molecule has 5 nitrogen and oxygen atoms in total. The Morgan fingerprint density at radius 1 is 1.08 bits per heavy atom. The Morgan fingerprint density at radius 2 is 1.79 bits per heavy atom. The lowest BCUT2D eigenvalue weighted by Crippen LogP contribution is -2.32. The van der Waals surface area contributed by atoms with E-state index in [-0.39, 0.29) is 23.4 Å². The summed E-state index contributed by atoms with van der Waals surface area (Å²) in [5.41, 5.74) is 1.03. The summed E-state index contributed by atoms with van der Waals surface area (Å²) in [4.78, 5) is 27.6. The molecule has 0 bridgehead atoms. The van der Waals surface area contributed by atoms with Crippen molar-refractivity contribution >= 4 is 17.5 Å². The first-order valence-electron chi connectivity index (χ1n) is 8.97. The van der Waals surface area contributed by atoms with Crippen LogP contribution in [0.2, 0.25) is 0 Å². The van der Waals surface area contributed by atoms with Crippen molar-refractivity contribution in [2.24, 2.45) is 10.4 Å². The third kappa shape index (κ3) is 6.85. The summed E-state index contributed by atoms with van der Waals surface area (Å²) < 4.78 is 0. The van der Waals surface area contributed by atoms with Gasteiger partial charge in [-0.3, -0.25) is 14.6 Å². The van der Waals surface area contributed by atoms with E-state index in [1.165, 1.54) is 0 Å². The molecule has 136 valence electrons. The lowest BCUT2D eigenvalue weighted by atomic mass is 9.73. The van der Waals surface area contributed by atoms with Crippen LogP contribution in [0.4, 0.5) is 0 Å². The van der Waals surface area contributed by atoms with E-state index in [1.54, 1.807) is 0 Å². The number of carboxylic acids is 1. The van der Waals surface area contributed by atoms with Crippen LogP contribution in [-0.2, 0) is 9.59 Å². The zero-order chi connectivity index (χ0) is 18.2. The Labute approximate surface area is 144 Å². The molecule has 0 radical (unpaired) electrons. The number of aliphatic hydroxyl groups is 1. The number of carboxylic acid groups (broad SMARTS) is 1. The van der Waals surface area contributed by atoms with Crippen LogP contribution < -0.4 is 0 Å². The van der Waals surface area contributed by atoms with Gasteiger partial charge in [0, 0.05) is 31.5 Å². The SMILES string of the molecule is CCCCC(O)=C1C(=O)CC(C)(C)CC1=NCCCCCC(=O)O. The van der Waals surface area contributed by atoms with Crippen LogP contribution in [0.15, 0.2) is 16.3 Å². The number of carbonyl (C=O) groups is 2. The Morgan fingerprint density at radius 3 is 2.42 bits per heavy atom. The minimum atomic E-state index is -0.771. The van der Waals surface area contributed by atoms with Crippen molar-refractivity contribution in [3.05, 3.63) is 11.3 Å². The van der Waals surface area contributed by atoms with E-state index >= 15 is 0 Å². The summed E-state index contributed by atoms with van der Waals surface area (Å²) in [7, 11) is 0. The number of aliphatic imine (C=N–C) groups is 1. The topological polar surface area (TPSA) is 87.0 Å². The number of hydrogen-bond acceptors (Lipinski definition) is 4. The summed E-state index contributed by atoms with van der Waals surface area (Å²) in [6.45, 7) is 6.72. The van der Waals surface area contributed by atoms with Gasteiger partial charge in [0.2, 0.25) is 0 Å². The van der Waals surface area contributed by atoms with Crippen LogP contribution in [0.25, 0.3) is 0 Å². The van der Waals surface area contributed by atoms with Gasteiger partial charge < -0.3 is 10.2 Å². The number of unbranched alkanes of at least 4 members (excludes halogenated alkanes) is 3. The maximum absolute atomic E-state index is 12.5. The molecule has 0 amide bonds. The molecule has 0 unspecified atom stereocenters. The van der Waals surface area contributed by atoms with Crippen molar-refractivity contribution in [3.63, 3.8) is 0 Å². The zero-order valence-electron chi connectivity index (χ0n) is 15.2. The van der Waals surface area contributed by atoms with Crippen LogP contribution in [0.5, 0.6) is 0 Å². The highest BCUT2D eigenvalue weighted by molar-refractivity contribution is 6.24. The van der Waals surface area contributed by atoms with Crippen LogP contribution in [0.3, 0.4) is 0 Å². The molecular formula is C19H31NO4. The van der Waals surface area contributed by atoms with Gasteiger partial charge >= 0.3 is 5.97 Å². The molecule has 0 aromatic carbocycles. The fraction of sp³-hybridized carbons (Fsp3) is 0.737. The first-order valence-corrected chi connectivity index (χ1v) is 8.97. The normalized spacial score (nSPS) is 21.1. The van der Waals surface area contributed by atoms with E-state index in [1.807, 2.05) is 13.8 Å². The molecule has 24 heavy (non-hydrogen) atoms. The van der Waals surface area contributed by atoms with Gasteiger partial charge in [-0.1, -0.05) is 33.6 Å². The Balaban J connectivity index is 2.77. The van der Waals surface area contributed by atoms with Gasteiger partial charge in [0.15, 0.2) is 5.78 Å². The lowest BCUT2D eigenvalue weighted by Gasteiger charge is -2.31. The molecular weight excluding hydrogens is 306 g/mol. The van der Waals surface area contributed by atoms with Crippen molar-refractivity contribution < 1.29 is 19.8 Å². The van der Waals surface area contributed by atoms with Gasteiger partial charge in [-0.05, 0) is 31.1 Å². The molecule has 2 N–H and O–H groups in total. The standard InChI is InChI=1S/C19H31NO4/c1-4-5-9-15(21)18-14(12-19(2,3)13-16(18)22)20-11-8-6-7-10-17(23)24/h21H,4-13H2,1-3H3,(H,23,24). The summed E-state index contributed by atoms with van der Waals surface area (Å²) in [5, 5.41) is 19.0. The Bertz CT molecular complexity index is 517. The van der Waals surface area contributed by atoms with Gasteiger partial charge in [0.25, 0.3) is 0 Å². The second-order valence-electron chi connectivity index (χ2n) is 7.40. The molecule has 1 rings (SSSR count). The second kappa shape index (κ2) is 9.60. The highest BCUT2D eigenvalue weighted by atomic mass is 16.4. The molecule has 1 aliphatic carbocycles. The van der Waals surface area contributed by atoms with E-state index in [0.717, 1.165) is 31.4 Å². The Kier molecular flexibility index (Phi) is 8.16. The number of nitrogens with zero attached hydrogens (tertiary/aromatic N) is 1. The van der Waals surface area contributed by atoms with Crippen LogP contribution in [-0.4, -0.2) is 34.2 Å². The minimum absolute atomic E-state index is 0.00974. The molecule has 0 atom stereocenters. The Hall–Kier alpha value is -1.65. The fourth-order valence-corrected chi connectivity index (χ4v) is 3.00. The molecule has 1 fully saturated rings. The summed E-state index contributed by atoms with van der Waals surface area (Å²) in [5.74, 6) is -0.599. The number of hydrogen-bond donors (Lipinski definition) is 2. The van der Waals surface area contributed by atoms with E-state index in [0.29, 0.717) is 37.8 Å². The first-order chi connectivity index (χ1) is 11.3. The van der Waals surface area contributed by atoms with Crippen molar-refractivity contribution in [1.82, 2.24) is 0 Å². The number of aliphatic carboxylic acids is 1. The van der Waals surface area contributed by atoms with Crippen LogP contribution in [0.1, 0.15) is 78.6 Å². The van der Waals surface area contributed by atoms with Gasteiger partial charge in [-0.2, -0.15) is 0 Å². The molecule has 0 aliphatic heterocycles. The molecule has 1 saturated carbocycles. The van der Waals surface area contributed by atoms with Crippen LogP contribution in [0, 0.1) is 5.41 Å². The van der Waals surface area contributed by atoms with Gasteiger partial charge in [0.1, 0.15) is 5.76 Å². The molecule has 0 aromatic rings. The third-order valence-electron chi connectivity index (χ3n) is 4.26. The molecule has 0 spiro atoms. The summed E-state index contributed by atoms with van der Waals surface area (Å²) in [6, 6.07) is 0. The van der Waals surface area contributed by atoms with Crippen molar-refractivity contribution in [3.8, 4) is 0 Å². The molecule has 5 heteroatoms. The van der Waals surface area contributed by atoms with E-state index in [4.69, 9.17) is 5.11 Å². The average molecular weight is 337 g/mol. The number of carbonyl (C=O) groups excluding carboxylic acids is 1. The smallest absolute Gasteiger partial charge is 0.303 e. The van der Waals surface area contributed by atoms with Crippen LogP contribution >= 0.6 is 0 Å². The predicted molar refractivity (Wildman–Crippen MR) is 95.6 cm³/mol. The summed E-state index contributed by atoms with van der Waals surface area (Å²) >= 11 is 0. The molecule has 0 aromatic heterocycles. The predicted octanol–water partition coefficient (Wildman–Crippen LogP) is 4.46. The minimum Gasteiger partial charge on any atom is -0.511 e. The lowest BCUT2D eigenvalue weighted by molar-refractivity contribution is -0.137. The van der Waals surface area contributed by atoms with E-state index in [2.05, 4.69) is 11.9 Å². The zero-order valence-corrected chi connectivity index (χ0v) is 15.2. The molecule has 0 saturated heterocycles. The van der Waals surface area contributed by atoms with Crippen molar-refractivity contribution in [2.75, 3.05) is 6.54 Å². The van der Waals surface area contributed by atoms with Gasteiger partial charge in [-0.15, -0.1) is 0 Å². The summed E-state index contributed by atoms with van der Waals surface area (Å²) in [6.07, 6.45) is 5.92. The fourth-order valence-electron chi connectivity index (χ4n) is 3.00. The molecule has 1 aliphatic rings. The largest absolute Gasteiger partial charge is 0.511 e. The van der Waals surface area contributed by atoms with E-state index < -0.39 is 5.97 Å². The highest BCUT2D eigenvalue weighted by Crippen LogP contribution is 2.35. The number of ketones is 1. The number of allylic oxidation sites excluding steroid dienone is 2. The van der Waals surface area contributed by atoms with E-state index in [9.17, 15) is 14.7 Å². The highest BCUT2D eigenvalue weighted by Gasteiger charge is 2.35.